The van der Waals surface area contributed by atoms with E-state index in [1.807, 2.05) is 75.6 Å². The molecule has 292 valence electrons. The van der Waals surface area contributed by atoms with Crippen LogP contribution in [0.1, 0.15) is 118 Å². The Labute approximate surface area is 330 Å². The van der Waals surface area contributed by atoms with Crippen LogP contribution in [0.15, 0.2) is 45.3 Å². The predicted octanol–water partition coefficient (Wildman–Crippen LogP) is 11.9. The fourth-order valence-corrected chi connectivity index (χ4v) is 6.86. The number of nitrogens with zero attached hydrogens (tertiary/aromatic N) is 2. The summed E-state index contributed by atoms with van der Waals surface area (Å²) < 4.78 is 25.2. The Balaban J connectivity index is 0.000000280. The fraction of sp³-hybridized carbons (Fsp3) is 0.667. The maximum absolute atomic E-state index is 12.1. The average Bonchev–Trinajstić information content (AvgIpc) is 3.05. The first-order valence-electron chi connectivity index (χ1n) is 19.1. The summed E-state index contributed by atoms with van der Waals surface area (Å²) in [5, 5.41) is 0. The molecule has 52 heavy (non-hydrogen) atoms. The molecule has 2 saturated heterocycles. The van der Waals surface area contributed by atoms with Gasteiger partial charge in [0.1, 0.15) is 22.7 Å². The van der Waals surface area contributed by atoms with Gasteiger partial charge in [-0.2, -0.15) is 0 Å². The second-order valence-corrected chi connectivity index (χ2v) is 18.4. The lowest BCUT2D eigenvalue weighted by Crippen LogP contribution is -2.41. The van der Waals surface area contributed by atoms with Crippen molar-refractivity contribution < 1.29 is 28.5 Å². The lowest BCUT2D eigenvalue weighted by atomic mass is 9.91. The number of rotatable bonds is 10. The molecule has 2 atom stereocenters. The summed E-state index contributed by atoms with van der Waals surface area (Å²) in [5.74, 6) is 3.17. The molecule has 0 spiro atoms. The van der Waals surface area contributed by atoms with Crippen LogP contribution in [-0.4, -0.2) is 71.6 Å². The van der Waals surface area contributed by atoms with E-state index in [-0.39, 0.29) is 24.4 Å². The lowest BCUT2D eigenvalue weighted by Gasteiger charge is -2.33. The number of likely N-dealkylation sites (tertiary alicyclic amines) is 2. The number of carbonyl (C=O) groups excluding carboxylic acids is 2. The highest BCUT2D eigenvalue weighted by Gasteiger charge is 2.28. The summed E-state index contributed by atoms with van der Waals surface area (Å²) in [6, 6.07) is 12.2. The van der Waals surface area contributed by atoms with Crippen molar-refractivity contribution in [1.29, 1.82) is 0 Å². The number of ether oxygens (including phenoxy) is 4. The van der Waals surface area contributed by atoms with Crippen LogP contribution in [-0.2, 0) is 9.47 Å². The van der Waals surface area contributed by atoms with Gasteiger partial charge in [-0.05, 0) is 180 Å². The quantitative estimate of drug-likeness (QED) is 0.237. The van der Waals surface area contributed by atoms with E-state index in [4.69, 9.17) is 18.9 Å². The number of hydrogen-bond acceptors (Lipinski definition) is 6. The van der Waals surface area contributed by atoms with E-state index in [0.29, 0.717) is 11.8 Å². The summed E-state index contributed by atoms with van der Waals surface area (Å²) in [7, 11) is 0. The number of amides is 2. The van der Waals surface area contributed by atoms with Gasteiger partial charge in [-0.3, -0.25) is 0 Å². The van der Waals surface area contributed by atoms with Gasteiger partial charge in [-0.15, -0.1) is 0 Å². The van der Waals surface area contributed by atoms with E-state index < -0.39 is 11.2 Å². The first-order chi connectivity index (χ1) is 24.3. The van der Waals surface area contributed by atoms with Crippen LogP contribution < -0.4 is 9.47 Å². The normalized spacial score (nSPS) is 17.1. The summed E-state index contributed by atoms with van der Waals surface area (Å²) in [4.78, 5) is 27.9. The van der Waals surface area contributed by atoms with E-state index in [2.05, 4.69) is 71.7 Å². The minimum atomic E-state index is -0.425. The van der Waals surface area contributed by atoms with E-state index in [9.17, 15) is 9.59 Å². The Kier molecular flexibility index (Phi) is 17.1. The molecule has 0 radical (unpaired) electrons. The SMILES string of the molecule is Cc1cc(OC(C)CCC2CCN(C(=O)OC(C)(C)C)CC2)ccc1Br.Cc1cc(OC(C)CCC2CCN(C(=O)OC(C)(C)C)CC2)ccc1Br. The number of hydrogen-bond donors (Lipinski definition) is 0. The van der Waals surface area contributed by atoms with Crippen LogP contribution in [0.3, 0.4) is 0 Å². The Morgan fingerprint density at radius 2 is 0.981 bits per heavy atom. The van der Waals surface area contributed by atoms with Crippen molar-refractivity contribution in [3.05, 3.63) is 56.5 Å². The molecule has 2 amide bonds. The predicted molar refractivity (Wildman–Crippen MR) is 217 cm³/mol. The standard InChI is InChI=1S/2C21H32BrNO3/c2*1-15-14-18(8-9-19(15)22)25-16(2)6-7-17-10-12-23(13-11-17)20(24)26-21(3,4)5/h2*8-9,14,16-17H,6-7,10-13H2,1-5H3. The number of halogens is 2. The minimum absolute atomic E-state index is 0.182. The molecule has 2 aromatic carbocycles. The highest BCUT2D eigenvalue weighted by atomic mass is 79.9. The van der Waals surface area contributed by atoms with Crippen molar-refractivity contribution in [3.8, 4) is 11.5 Å². The zero-order valence-electron chi connectivity index (χ0n) is 33.4. The first-order valence-corrected chi connectivity index (χ1v) is 20.7. The lowest BCUT2D eigenvalue weighted by molar-refractivity contribution is 0.0167. The molecule has 2 heterocycles. The Morgan fingerprint density at radius 1 is 0.654 bits per heavy atom. The molecule has 10 heteroatoms. The molecule has 0 aliphatic carbocycles. The van der Waals surface area contributed by atoms with E-state index in [1.165, 1.54) is 11.1 Å². The number of aryl methyl sites for hydroxylation is 2. The van der Waals surface area contributed by atoms with Crippen LogP contribution in [0.4, 0.5) is 9.59 Å². The van der Waals surface area contributed by atoms with Gasteiger partial charge >= 0.3 is 12.2 Å². The average molecular weight is 853 g/mol. The van der Waals surface area contributed by atoms with Crippen molar-refractivity contribution in [3.63, 3.8) is 0 Å². The van der Waals surface area contributed by atoms with Crippen LogP contribution >= 0.6 is 31.9 Å². The van der Waals surface area contributed by atoms with E-state index in [1.54, 1.807) is 0 Å². The van der Waals surface area contributed by atoms with Gasteiger partial charge in [0.2, 0.25) is 0 Å². The van der Waals surface area contributed by atoms with Crippen molar-refractivity contribution in [2.45, 2.75) is 144 Å². The molecule has 4 rings (SSSR count). The van der Waals surface area contributed by atoms with Gasteiger partial charge in [0.15, 0.2) is 0 Å². The van der Waals surface area contributed by atoms with E-state index >= 15 is 0 Å². The molecule has 2 unspecified atom stereocenters. The van der Waals surface area contributed by atoms with Gasteiger partial charge in [0.25, 0.3) is 0 Å². The third-order valence-corrected chi connectivity index (χ3v) is 11.2. The topological polar surface area (TPSA) is 77.5 Å². The van der Waals surface area contributed by atoms with Crippen LogP contribution in [0, 0.1) is 25.7 Å². The molecular weight excluding hydrogens is 788 g/mol. The molecule has 2 aliphatic rings. The highest BCUT2D eigenvalue weighted by molar-refractivity contribution is 9.10. The van der Waals surface area contributed by atoms with Gasteiger partial charge in [0.05, 0.1) is 12.2 Å². The monoisotopic (exact) mass is 850 g/mol. The van der Waals surface area contributed by atoms with Gasteiger partial charge < -0.3 is 28.7 Å². The van der Waals surface area contributed by atoms with Crippen LogP contribution in [0.5, 0.6) is 11.5 Å². The van der Waals surface area contributed by atoms with Crippen molar-refractivity contribution in [2.24, 2.45) is 11.8 Å². The largest absolute Gasteiger partial charge is 0.491 e. The summed E-state index contributed by atoms with van der Waals surface area (Å²) in [5.41, 5.74) is 1.52. The van der Waals surface area contributed by atoms with Crippen LogP contribution in [0.2, 0.25) is 0 Å². The molecule has 0 bridgehead atoms. The summed E-state index contributed by atoms with van der Waals surface area (Å²) in [6.45, 7) is 23.0. The van der Waals surface area contributed by atoms with Crippen molar-refractivity contribution in [1.82, 2.24) is 9.80 Å². The van der Waals surface area contributed by atoms with Crippen LogP contribution in [0.25, 0.3) is 0 Å². The smallest absolute Gasteiger partial charge is 0.410 e. The minimum Gasteiger partial charge on any atom is -0.491 e. The molecular formula is C42H64Br2N2O6. The number of benzene rings is 2. The number of carbonyl (C=O) groups is 2. The maximum atomic E-state index is 12.1. The molecule has 2 aliphatic heterocycles. The molecule has 0 saturated carbocycles. The molecule has 8 nitrogen and oxygen atoms in total. The summed E-state index contributed by atoms with van der Waals surface area (Å²) >= 11 is 7.03. The third kappa shape index (κ3) is 16.3. The van der Waals surface area contributed by atoms with Crippen molar-refractivity contribution in [2.75, 3.05) is 26.2 Å². The van der Waals surface area contributed by atoms with Gasteiger partial charge in [-0.25, -0.2) is 9.59 Å². The van der Waals surface area contributed by atoms with Crippen molar-refractivity contribution >= 4 is 44.0 Å². The Hall–Kier alpha value is -2.46. The number of piperidine rings is 2. The molecule has 2 aromatic rings. The second kappa shape index (κ2) is 20.3. The Bertz CT molecular complexity index is 1320. The highest BCUT2D eigenvalue weighted by Crippen LogP contribution is 2.28. The van der Waals surface area contributed by atoms with E-state index in [0.717, 1.165) is 98.0 Å². The summed E-state index contributed by atoms with van der Waals surface area (Å²) in [6.07, 6.45) is 8.55. The van der Waals surface area contributed by atoms with Gasteiger partial charge in [-0.1, -0.05) is 31.9 Å². The Morgan fingerprint density at radius 3 is 1.27 bits per heavy atom. The first kappa shape index (κ1) is 43.9. The fourth-order valence-electron chi connectivity index (χ4n) is 6.37. The zero-order chi connectivity index (χ0) is 38.6. The molecule has 0 aromatic heterocycles. The maximum Gasteiger partial charge on any atom is 0.410 e. The van der Waals surface area contributed by atoms with Gasteiger partial charge in [0, 0.05) is 35.1 Å². The molecule has 2 fully saturated rings. The molecule has 0 N–H and O–H groups in total. The second-order valence-electron chi connectivity index (χ2n) is 16.7. The zero-order valence-corrected chi connectivity index (χ0v) is 36.5. The third-order valence-electron chi connectivity index (χ3n) is 9.43.